The Hall–Kier alpha value is -1.36. The molecule has 1 aromatic rings. The summed E-state index contributed by atoms with van der Waals surface area (Å²) in [4.78, 5) is 27.1. The van der Waals surface area contributed by atoms with Gasteiger partial charge in [-0.3, -0.25) is 14.5 Å². The molecule has 0 N–H and O–H groups in total. The summed E-state index contributed by atoms with van der Waals surface area (Å²) in [6, 6.07) is 5.89. The fourth-order valence-electron chi connectivity index (χ4n) is 3.02. The van der Waals surface area contributed by atoms with Crippen LogP contribution in [-0.4, -0.2) is 29.9 Å². The zero-order chi connectivity index (χ0) is 13.0. The quantitative estimate of drug-likeness (QED) is 0.736. The first kappa shape index (κ1) is 11.7. The number of amides is 2. The number of likely N-dealkylation sites (N-methyl/N-ethyl adjacent to an activating group) is 1. The topological polar surface area (TPSA) is 40.6 Å². The van der Waals surface area contributed by atoms with Crippen LogP contribution in [0.2, 0.25) is 0 Å². The molecule has 0 saturated carbocycles. The Kier molecular flexibility index (Phi) is 2.48. The fraction of sp³-hybridized carbons (Fsp3) is 0.385. The Morgan fingerprint density at radius 3 is 2.83 bits per heavy atom. The molecular weight excluding hydrogens is 296 g/mol. The van der Waals surface area contributed by atoms with Crippen LogP contribution in [0.1, 0.15) is 24.8 Å². The second-order valence-corrected chi connectivity index (χ2v) is 5.74. The smallest absolute Gasteiger partial charge is 0.225 e. The van der Waals surface area contributed by atoms with Crippen molar-refractivity contribution in [1.29, 1.82) is 0 Å². The molecule has 0 radical (unpaired) electrons. The molecule has 3 rings (SSSR count). The van der Waals surface area contributed by atoms with Crippen molar-refractivity contribution < 1.29 is 9.59 Å². The largest absolute Gasteiger partial charge is 0.324 e. The number of nitrogens with zero attached hydrogens (tertiary/aromatic N) is 2. The molecule has 0 aliphatic carbocycles. The summed E-state index contributed by atoms with van der Waals surface area (Å²) in [5, 5.41) is 0. The van der Waals surface area contributed by atoms with Gasteiger partial charge >= 0.3 is 0 Å². The average molecular weight is 309 g/mol. The van der Waals surface area contributed by atoms with Gasteiger partial charge in [0.2, 0.25) is 11.8 Å². The molecule has 0 aromatic heterocycles. The van der Waals surface area contributed by atoms with E-state index >= 15 is 0 Å². The van der Waals surface area contributed by atoms with Gasteiger partial charge < -0.3 is 4.90 Å². The minimum atomic E-state index is -0.153. The highest BCUT2D eigenvalue weighted by Crippen LogP contribution is 2.48. The van der Waals surface area contributed by atoms with Crippen LogP contribution in [0.4, 0.5) is 5.69 Å². The van der Waals surface area contributed by atoms with Gasteiger partial charge in [0.05, 0.1) is 0 Å². The predicted octanol–water partition coefficient (Wildman–Crippen LogP) is 2.09. The van der Waals surface area contributed by atoms with E-state index in [-0.39, 0.29) is 23.9 Å². The van der Waals surface area contributed by atoms with E-state index in [4.69, 9.17) is 0 Å². The van der Waals surface area contributed by atoms with Gasteiger partial charge in [-0.15, -0.1) is 0 Å². The van der Waals surface area contributed by atoms with E-state index in [0.29, 0.717) is 6.42 Å². The summed E-state index contributed by atoms with van der Waals surface area (Å²) in [6.07, 6.45) is 0.327. The molecule has 2 heterocycles. The molecule has 94 valence electrons. The van der Waals surface area contributed by atoms with E-state index in [2.05, 4.69) is 15.9 Å². The zero-order valence-corrected chi connectivity index (χ0v) is 11.8. The number of hydrogen-bond donors (Lipinski definition) is 0. The fourth-order valence-corrected chi connectivity index (χ4v) is 3.40. The highest BCUT2D eigenvalue weighted by Gasteiger charge is 2.49. The maximum Gasteiger partial charge on any atom is 0.225 e. The van der Waals surface area contributed by atoms with E-state index in [9.17, 15) is 9.59 Å². The van der Waals surface area contributed by atoms with Gasteiger partial charge in [0.25, 0.3) is 0 Å². The van der Waals surface area contributed by atoms with Crippen LogP contribution in [0.15, 0.2) is 22.7 Å². The summed E-state index contributed by atoms with van der Waals surface area (Å²) >= 11 is 3.45. The van der Waals surface area contributed by atoms with Crippen molar-refractivity contribution in [3.8, 4) is 0 Å². The van der Waals surface area contributed by atoms with Crippen molar-refractivity contribution in [3.05, 3.63) is 28.2 Å². The predicted molar refractivity (Wildman–Crippen MR) is 71.2 cm³/mol. The average Bonchev–Trinajstić information content (AvgIpc) is 2.76. The van der Waals surface area contributed by atoms with E-state index in [1.54, 1.807) is 23.8 Å². The van der Waals surface area contributed by atoms with Crippen LogP contribution < -0.4 is 4.90 Å². The first-order chi connectivity index (χ1) is 8.50. The molecule has 18 heavy (non-hydrogen) atoms. The number of halogens is 1. The van der Waals surface area contributed by atoms with Crippen molar-refractivity contribution in [2.75, 3.05) is 11.9 Å². The molecule has 2 amide bonds. The summed E-state index contributed by atoms with van der Waals surface area (Å²) in [7, 11) is 1.77. The van der Waals surface area contributed by atoms with Crippen molar-refractivity contribution in [2.45, 2.75) is 25.4 Å². The Labute approximate surface area is 114 Å². The van der Waals surface area contributed by atoms with Gasteiger partial charge in [-0.05, 0) is 23.8 Å². The molecule has 1 fully saturated rings. The molecule has 4 nitrogen and oxygen atoms in total. The summed E-state index contributed by atoms with van der Waals surface area (Å²) in [5.74, 6) is 0.174. The summed E-state index contributed by atoms with van der Waals surface area (Å²) in [6.45, 7) is 1.55. The monoisotopic (exact) mass is 308 g/mol. The molecule has 1 aromatic carbocycles. The lowest BCUT2D eigenvalue weighted by Gasteiger charge is -2.29. The molecular formula is C13H13BrN2O2. The van der Waals surface area contributed by atoms with Crippen LogP contribution in [0, 0.1) is 0 Å². The van der Waals surface area contributed by atoms with E-state index in [1.807, 2.05) is 18.2 Å². The Balaban J connectivity index is 2.17. The first-order valence-corrected chi connectivity index (χ1v) is 6.65. The van der Waals surface area contributed by atoms with Crippen LogP contribution in [-0.2, 0) is 9.59 Å². The molecule has 2 aliphatic heterocycles. The van der Waals surface area contributed by atoms with Crippen LogP contribution in [0.25, 0.3) is 0 Å². The van der Waals surface area contributed by atoms with Gasteiger partial charge in [-0.25, -0.2) is 0 Å². The lowest BCUT2D eigenvalue weighted by Crippen LogP contribution is -2.45. The molecule has 2 aliphatic rings. The second kappa shape index (κ2) is 3.82. The maximum absolute atomic E-state index is 11.9. The summed E-state index contributed by atoms with van der Waals surface area (Å²) in [5.41, 5.74) is 2.02. The number of benzene rings is 1. The highest BCUT2D eigenvalue weighted by molar-refractivity contribution is 9.10. The second-order valence-electron chi connectivity index (χ2n) is 4.82. The van der Waals surface area contributed by atoms with Crippen molar-refractivity contribution in [1.82, 2.24) is 4.90 Å². The lowest BCUT2D eigenvalue weighted by molar-refractivity contribution is -0.128. The van der Waals surface area contributed by atoms with E-state index in [0.717, 1.165) is 15.7 Å². The Bertz CT molecular complexity index is 558. The minimum Gasteiger partial charge on any atom is -0.324 e. The Morgan fingerprint density at radius 2 is 2.17 bits per heavy atom. The number of anilines is 1. The number of carbonyl (C=O) groups is 2. The van der Waals surface area contributed by atoms with Gasteiger partial charge in [-0.1, -0.05) is 15.9 Å². The molecule has 1 saturated heterocycles. The molecule has 2 atom stereocenters. The van der Waals surface area contributed by atoms with E-state index in [1.165, 1.54) is 0 Å². The maximum atomic E-state index is 11.9. The van der Waals surface area contributed by atoms with Gasteiger partial charge in [0.1, 0.15) is 6.17 Å². The highest BCUT2D eigenvalue weighted by atomic mass is 79.9. The molecule has 0 spiro atoms. The van der Waals surface area contributed by atoms with E-state index < -0.39 is 0 Å². The molecule has 5 heteroatoms. The third kappa shape index (κ3) is 1.43. The van der Waals surface area contributed by atoms with Gasteiger partial charge in [0, 0.05) is 36.5 Å². The number of hydrogen-bond acceptors (Lipinski definition) is 2. The van der Waals surface area contributed by atoms with Gasteiger partial charge in [-0.2, -0.15) is 0 Å². The number of likely N-dealkylation sites (tertiary alicyclic amines) is 1. The van der Waals surface area contributed by atoms with Crippen molar-refractivity contribution in [2.24, 2.45) is 0 Å². The first-order valence-electron chi connectivity index (χ1n) is 5.85. The van der Waals surface area contributed by atoms with Crippen LogP contribution in [0.3, 0.4) is 0 Å². The third-order valence-corrected chi connectivity index (χ3v) is 4.29. The Morgan fingerprint density at radius 1 is 1.44 bits per heavy atom. The lowest BCUT2D eigenvalue weighted by atomic mass is 9.98. The zero-order valence-electron chi connectivity index (χ0n) is 10.2. The number of carbonyl (C=O) groups excluding carboxylic acids is 2. The minimum absolute atomic E-state index is 0.0207. The number of rotatable bonds is 0. The van der Waals surface area contributed by atoms with Crippen LogP contribution >= 0.6 is 15.9 Å². The van der Waals surface area contributed by atoms with Crippen molar-refractivity contribution in [3.63, 3.8) is 0 Å². The third-order valence-electron chi connectivity index (χ3n) is 3.80. The molecule has 2 unspecified atom stereocenters. The normalized spacial score (nSPS) is 25.4. The number of fused-ring (bicyclic) bond motifs is 3. The molecule has 0 bridgehead atoms. The SMILES string of the molecule is CC(=O)N1c2ccc(Br)cc2C2CC(=O)N(C)C21. The van der Waals surface area contributed by atoms with Crippen molar-refractivity contribution >= 4 is 33.4 Å². The van der Waals surface area contributed by atoms with Crippen LogP contribution in [0.5, 0.6) is 0 Å². The standard InChI is InChI=1S/C13H13BrN2O2/c1-7(17)16-11-4-3-8(14)5-9(11)10-6-12(18)15(2)13(10)16/h3-5,10,13H,6H2,1-2H3. The van der Waals surface area contributed by atoms with Gasteiger partial charge in [0.15, 0.2) is 0 Å². The summed E-state index contributed by atoms with van der Waals surface area (Å²) < 4.78 is 0.979.